The minimum atomic E-state index is -1.57. The fourth-order valence-electron chi connectivity index (χ4n) is 1.31. The highest BCUT2D eigenvalue weighted by atomic mass is 79.9. The van der Waals surface area contributed by atoms with Gasteiger partial charge in [-0.1, -0.05) is 59.4 Å². The smallest absolute Gasteiger partial charge is 0.423 e. The first-order valence-corrected chi connectivity index (χ1v) is 5.50. The monoisotopic (exact) mass is 278 g/mol. The van der Waals surface area contributed by atoms with Gasteiger partial charge in [-0.15, -0.1) is 0 Å². The first kappa shape index (κ1) is 13.0. The third-order valence-corrected chi connectivity index (χ3v) is 2.80. The van der Waals surface area contributed by atoms with Gasteiger partial charge in [0.25, 0.3) is 0 Å². The number of halogens is 1. The molecule has 0 radical (unpaired) electrons. The average Bonchev–Trinajstić information content (AvgIpc) is 2.26. The lowest BCUT2D eigenvalue weighted by atomic mass is 9.74. The number of hydrogen-bond acceptors (Lipinski definition) is 2. The van der Waals surface area contributed by atoms with E-state index < -0.39 is 7.12 Å². The van der Waals surface area contributed by atoms with Crippen molar-refractivity contribution in [2.75, 3.05) is 0 Å². The highest BCUT2D eigenvalue weighted by Gasteiger charge is 2.18. The summed E-state index contributed by atoms with van der Waals surface area (Å²) in [4.78, 5) is 0. The van der Waals surface area contributed by atoms with Crippen LogP contribution in [0.2, 0.25) is 0 Å². The van der Waals surface area contributed by atoms with Crippen LogP contribution in [0.15, 0.2) is 59.5 Å². The van der Waals surface area contributed by atoms with Crippen LogP contribution < -0.4 is 0 Å². The van der Waals surface area contributed by atoms with E-state index in [0.29, 0.717) is 5.57 Å². The van der Waals surface area contributed by atoms with Gasteiger partial charge in [0.1, 0.15) is 0 Å². The molecule has 0 aliphatic carbocycles. The molecule has 0 spiro atoms. The summed E-state index contributed by atoms with van der Waals surface area (Å²) in [6.07, 6.45) is 3.28. The van der Waals surface area contributed by atoms with Crippen molar-refractivity contribution in [3.63, 3.8) is 0 Å². The van der Waals surface area contributed by atoms with E-state index in [0.717, 1.165) is 10.0 Å². The standard InChI is InChI=1S/C12H12BBrO2/c1-3-6-10(9(2)13(15)16)11-7-4-5-8-12(11)14/h3-8,15-16H,1-2H2/b10-6+. The van der Waals surface area contributed by atoms with Crippen molar-refractivity contribution in [1.29, 1.82) is 0 Å². The van der Waals surface area contributed by atoms with E-state index in [9.17, 15) is 0 Å². The maximum Gasteiger partial charge on any atom is 0.488 e. The van der Waals surface area contributed by atoms with Crippen molar-refractivity contribution in [3.05, 3.63) is 65.1 Å². The number of allylic oxidation sites excluding steroid dienone is 4. The summed E-state index contributed by atoms with van der Waals surface area (Å²) in [7, 11) is -1.57. The molecule has 2 N–H and O–H groups in total. The van der Waals surface area contributed by atoms with Crippen molar-refractivity contribution in [3.8, 4) is 0 Å². The number of rotatable bonds is 4. The van der Waals surface area contributed by atoms with E-state index in [4.69, 9.17) is 10.0 Å². The van der Waals surface area contributed by atoms with Gasteiger partial charge in [0.15, 0.2) is 0 Å². The summed E-state index contributed by atoms with van der Waals surface area (Å²) in [5.41, 5.74) is 1.74. The molecule has 0 aliphatic heterocycles. The number of benzene rings is 1. The van der Waals surface area contributed by atoms with Crippen molar-refractivity contribution in [2.24, 2.45) is 0 Å². The average molecular weight is 279 g/mol. The van der Waals surface area contributed by atoms with Crippen molar-refractivity contribution in [1.82, 2.24) is 0 Å². The van der Waals surface area contributed by atoms with E-state index in [1.54, 1.807) is 12.2 Å². The zero-order valence-corrected chi connectivity index (χ0v) is 10.3. The van der Waals surface area contributed by atoms with Gasteiger partial charge in [0.05, 0.1) is 0 Å². The summed E-state index contributed by atoms with van der Waals surface area (Å²) >= 11 is 3.40. The van der Waals surface area contributed by atoms with Crippen LogP contribution >= 0.6 is 15.9 Å². The molecule has 0 amide bonds. The van der Waals surface area contributed by atoms with Crippen LogP contribution in [-0.4, -0.2) is 17.2 Å². The Labute approximate surface area is 104 Å². The Bertz CT molecular complexity index is 438. The summed E-state index contributed by atoms with van der Waals surface area (Å²) in [5.74, 6) is 0. The van der Waals surface area contributed by atoms with E-state index in [-0.39, 0.29) is 5.47 Å². The van der Waals surface area contributed by atoms with Crippen LogP contribution in [0, 0.1) is 0 Å². The molecule has 0 aromatic heterocycles. The normalized spacial score (nSPS) is 11.1. The van der Waals surface area contributed by atoms with Gasteiger partial charge in [-0.25, -0.2) is 0 Å². The molecule has 0 saturated carbocycles. The molecule has 0 saturated heterocycles. The Hall–Kier alpha value is -1.10. The minimum Gasteiger partial charge on any atom is -0.423 e. The van der Waals surface area contributed by atoms with Crippen LogP contribution in [0.3, 0.4) is 0 Å². The highest BCUT2D eigenvalue weighted by molar-refractivity contribution is 9.10. The van der Waals surface area contributed by atoms with Crippen molar-refractivity contribution in [2.45, 2.75) is 0 Å². The molecule has 2 nitrogen and oxygen atoms in total. The predicted octanol–water partition coefficient (Wildman–Crippen LogP) is 2.59. The highest BCUT2D eigenvalue weighted by Crippen LogP contribution is 2.29. The summed E-state index contributed by atoms with van der Waals surface area (Å²) < 4.78 is 0.866. The molecule has 0 heterocycles. The Morgan fingerprint density at radius 3 is 2.44 bits per heavy atom. The lowest BCUT2D eigenvalue weighted by molar-refractivity contribution is 0.421. The largest absolute Gasteiger partial charge is 0.488 e. The fraction of sp³-hybridized carbons (Fsp3) is 0. The van der Waals surface area contributed by atoms with Crippen molar-refractivity contribution >= 4 is 28.6 Å². The third kappa shape index (κ3) is 2.95. The minimum absolute atomic E-state index is 0.242. The molecule has 0 unspecified atom stereocenters. The second-order valence-electron chi connectivity index (χ2n) is 3.19. The molecule has 0 bridgehead atoms. The molecule has 1 rings (SSSR count). The third-order valence-electron chi connectivity index (χ3n) is 2.11. The maximum atomic E-state index is 9.14. The molecule has 4 heteroatoms. The lowest BCUT2D eigenvalue weighted by Crippen LogP contribution is -2.15. The molecular weight excluding hydrogens is 267 g/mol. The Balaban J connectivity index is 3.24. The summed E-state index contributed by atoms with van der Waals surface area (Å²) in [5, 5.41) is 18.3. The molecule has 1 aromatic carbocycles. The molecule has 0 atom stereocenters. The second-order valence-corrected chi connectivity index (χ2v) is 4.05. The van der Waals surface area contributed by atoms with Crippen LogP contribution in [0.1, 0.15) is 5.56 Å². The van der Waals surface area contributed by atoms with Gasteiger partial charge in [-0.2, -0.15) is 0 Å². The molecule has 0 fully saturated rings. The Morgan fingerprint density at radius 1 is 1.31 bits per heavy atom. The van der Waals surface area contributed by atoms with E-state index in [2.05, 4.69) is 29.1 Å². The molecule has 16 heavy (non-hydrogen) atoms. The van der Waals surface area contributed by atoms with Crippen molar-refractivity contribution < 1.29 is 10.0 Å². The van der Waals surface area contributed by atoms with Crippen LogP contribution in [0.4, 0.5) is 0 Å². The van der Waals surface area contributed by atoms with Gasteiger partial charge >= 0.3 is 7.12 Å². The van der Waals surface area contributed by atoms with Gasteiger partial charge in [0.2, 0.25) is 0 Å². The zero-order chi connectivity index (χ0) is 12.1. The van der Waals surface area contributed by atoms with Crippen LogP contribution in [0.5, 0.6) is 0 Å². The van der Waals surface area contributed by atoms with Gasteiger partial charge in [0, 0.05) is 4.47 Å². The second kappa shape index (κ2) is 5.84. The molecule has 82 valence electrons. The first-order chi connectivity index (χ1) is 7.57. The first-order valence-electron chi connectivity index (χ1n) is 4.71. The van der Waals surface area contributed by atoms with Crippen LogP contribution in [0.25, 0.3) is 5.57 Å². The van der Waals surface area contributed by atoms with E-state index >= 15 is 0 Å². The summed E-state index contributed by atoms with van der Waals surface area (Å²) in [6.45, 7) is 7.26. The Morgan fingerprint density at radius 2 is 1.94 bits per heavy atom. The van der Waals surface area contributed by atoms with E-state index in [1.165, 1.54) is 0 Å². The number of hydrogen-bond donors (Lipinski definition) is 2. The molecule has 1 aromatic rings. The topological polar surface area (TPSA) is 40.5 Å². The fourth-order valence-corrected chi connectivity index (χ4v) is 1.80. The maximum absolute atomic E-state index is 9.14. The van der Waals surface area contributed by atoms with Gasteiger partial charge in [-0.05, 0) is 22.7 Å². The molecular formula is C12H12BBrO2. The quantitative estimate of drug-likeness (QED) is 0.657. The summed E-state index contributed by atoms with van der Waals surface area (Å²) in [6, 6.07) is 7.50. The zero-order valence-electron chi connectivity index (χ0n) is 8.73. The SMILES string of the molecule is C=C/C=C(\C(=C)B(O)O)c1ccccc1Br. The Kier molecular flexibility index (Phi) is 4.74. The van der Waals surface area contributed by atoms with Crippen LogP contribution in [-0.2, 0) is 0 Å². The molecule has 0 aliphatic rings. The lowest BCUT2D eigenvalue weighted by Gasteiger charge is -2.11. The van der Waals surface area contributed by atoms with E-state index in [1.807, 2.05) is 24.3 Å². The predicted molar refractivity (Wildman–Crippen MR) is 71.6 cm³/mol. The van der Waals surface area contributed by atoms with Gasteiger partial charge in [-0.3, -0.25) is 0 Å². The van der Waals surface area contributed by atoms with Gasteiger partial charge < -0.3 is 10.0 Å².